The number of thiazole rings is 1. The van der Waals surface area contributed by atoms with E-state index in [9.17, 15) is 0 Å². The van der Waals surface area contributed by atoms with Crippen LogP contribution in [0, 0.1) is 0 Å². The summed E-state index contributed by atoms with van der Waals surface area (Å²) in [4.78, 5) is 8.76. The second-order valence-corrected chi connectivity index (χ2v) is 6.89. The van der Waals surface area contributed by atoms with Gasteiger partial charge in [0.25, 0.3) is 0 Å². The van der Waals surface area contributed by atoms with Crippen molar-refractivity contribution in [3.8, 4) is 0 Å². The monoisotopic (exact) mass is 285 g/mol. The molecule has 0 aliphatic carbocycles. The van der Waals surface area contributed by atoms with E-state index in [-0.39, 0.29) is 0 Å². The maximum Gasteiger partial charge on any atom is 0.111 e. The molecule has 1 fully saturated rings. The van der Waals surface area contributed by atoms with E-state index in [4.69, 9.17) is 4.98 Å². The summed E-state index contributed by atoms with van der Waals surface area (Å²) in [6.45, 7) is 7.53. The highest BCUT2D eigenvalue weighted by Crippen LogP contribution is 2.32. The topological polar surface area (TPSA) is 28.2 Å². The summed E-state index contributed by atoms with van der Waals surface area (Å²) in [5.74, 6) is 2.44. The van der Waals surface area contributed by atoms with Gasteiger partial charge in [-0.2, -0.15) is 11.8 Å². The van der Waals surface area contributed by atoms with E-state index in [2.05, 4.69) is 42.9 Å². The van der Waals surface area contributed by atoms with E-state index in [1.807, 2.05) is 11.3 Å². The van der Waals surface area contributed by atoms with Crippen LogP contribution in [0.15, 0.2) is 0 Å². The number of nitrogens with zero attached hydrogens (tertiary/aromatic N) is 2. The van der Waals surface area contributed by atoms with Crippen molar-refractivity contribution in [1.29, 1.82) is 0 Å². The zero-order chi connectivity index (χ0) is 13.0. The molecule has 1 aromatic heterocycles. The van der Waals surface area contributed by atoms with Gasteiger partial charge >= 0.3 is 0 Å². The van der Waals surface area contributed by atoms with Gasteiger partial charge in [0.05, 0.1) is 11.7 Å². The lowest BCUT2D eigenvalue weighted by atomic mass is 10.2. The Labute approximate surface area is 118 Å². The van der Waals surface area contributed by atoms with Gasteiger partial charge in [-0.05, 0) is 20.0 Å². The summed E-state index contributed by atoms with van der Waals surface area (Å²) in [5.41, 5.74) is 1.29. The Balaban J connectivity index is 2.14. The first kappa shape index (κ1) is 14.3. The van der Waals surface area contributed by atoms with Crippen LogP contribution in [0.3, 0.4) is 0 Å². The summed E-state index contributed by atoms with van der Waals surface area (Å²) >= 11 is 3.96. The van der Waals surface area contributed by atoms with Crippen LogP contribution in [0.2, 0.25) is 0 Å². The van der Waals surface area contributed by atoms with E-state index in [0.717, 1.165) is 19.5 Å². The summed E-state index contributed by atoms with van der Waals surface area (Å²) in [6.07, 6.45) is 1.04. The average molecular weight is 285 g/mol. The summed E-state index contributed by atoms with van der Waals surface area (Å²) in [5, 5.41) is 4.73. The predicted molar refractivity (Wildman–Crippen MR) is 81.6 cm³/mol. The SMILES string of the molecule is CCNCc1sc(C2CSCCN2C)nc1CC. The molecule has 2 rings (SSSR count). The Morgan fingerprint density at radius 2 is 2.28 bits per heavy atom. The van der Waals surface area contributed by atoms with Gasteiger partial charge in [0.2, 0.25) is 0 Å². The smallest absolute Gasteiger partial charge is 0.111 e. The standard InChI is InChI=1S/C13H23N3S2/c1-4-10-12(8-14-5-2)18-13(15-10)11-9-17-7-6-16(11)3/h11,14H,4-9H2,1-3H3. The van der Waals surface area contributed by atoms with Gasteiger partial charge in [-0.3, -0.25) is 4.90 Å². The number of rotatable bonds is 5. The lowest BCUT2D eigenvalue weighted by Gasteiger charge is -2.30. The highest BCUT2D eigenvalue weighted by Gasteiger charge is 2.25. The van der Waals surface area contributed by atoms with Crippen LogP contribution in [-0.4, -0.2) is 41.5 Å². The van der Waals surface area contributed by atoms with E-state index in [1.165, 1.54) is 33.6 Å². The van der Waals surface area contributed by atoms with Gasteiger partial charge in [-0.15, -0.1) is 11.3 Å². The Bertz CT molecular complexity index is 378. The lowest BCUT2D eigenvalue weighted by molar-refractivity contribution is 0.274. The summed E-state index contributed by atoms with van der Waals surface area (Å²) < 4.78 is 0. The van der Waals surface area contributed by atoms with Crippen molar-refractivity contribution in [2.75, 3.05) is 31.6 Å². The first-order valence-corrected chi connectivity index (χ1v) is 8.70. The molecule has 0 saturated carbocycles. The highest BCUT2D eigenvalue weighted by atomic mass is 32.2. The zero-order valence-electron chi connectivity index (χ0n) is 11.5. The largest absolute Gasteiger partial charge is 0.312 e. The van der Waals surface area contributed by atoms with Crippen LogP contribution in [0.1, 0.15) is 35.5 Å². The molecule has 1 aliphatic heterocycles. The fraction of sp³-hybridized carbons (Fsp3) is 0.769. The normalized spacial score (nSPS) is 21.4. The summed E-state index contributed by atoms with van der Waals surface area (Å²) in [7, 11) is 2.22. The molecule has 18 heavy (non-hydrogen) atoms. The van der Waals surface area contributed by atoms with Gasteiger partial charge in [0.1, 0.15) is 5.01 Å². The molecule has 2 heterocycles. The molecule has 1 unspecified atom stereocenters. The van der Waals surface area contributed by atoms with Crippen molar-refractivity contribution in [3.05, 3.63) is 15.6 Å². The van der Waals surface area contributed by atoms with Gasteiger partial charge in [-0.1, -0.05) is 13.8 Å². The van der Waals surface area contributed by atoms with Gasteiger partial charge in [-0.25, -0.2) is 4.98 Å². The zero-order valence-corrected chi connectivity index (χ0v) is 13.2. The molecule has 0 spiro atoms. The summed E-state index contributed by atoms with van der Waals surface area (Å²) in [6, 6.07) is 0.523. The number of hydrogen-bond donors (Lipinski definition) is 1. The number of thioether (sulfide) groups is 1. The van der Waals surface area contributed by atoms with Crippen molar-refractivity contribution < 1.29 is 0 Å². The fourth-order valence-corrected chi connectivity index (χ4v) is 4.76. The maximum absolute atomic E-state index is 4.88. The Kier molecular flexibility index (Phi) is 5.48. The number of nitrogens with one attached hydrogen (secondary N) is 1. The average Bonchev–Trinajstić information content (AvgIpc) is 2.80. The van der Waals surface area contributed by atoms with Crippen LogP contribution >= 0.6 is 23.1 Å². The van der Waals surface area contributed by atoms with Crippen molar-refractivity contribution in [2.45, 2.75) is 32.9 Å². The minimum absolute atomic E-state index is 0.523. The minimum atomic E-state index is 0.523. The Morgan fingerprint density at radius 1 is 1.44 bits per heavy atom. The molecular weight excluding hydrogens is 262 g/mol. The number of aryl methyl sites for hydroxylation is 1. The van der Waals surface area contributed by atoms with Gasteiger partial charge in [0, 0.05) is 29.5 Å². The van der Waals surface area contributed by atoms with Crippen LogP contribution in [-0.2, 0) is 13.0 Å². The fourth-order valence-electron chi connectivity index (χ4n) is 2.15. The third-order valence-corrected chi connectivity index (χ3v) is 5.57. The molecule has 0 aromatic carbocycles. The van der Waals surface area contributed by atoms with Crippen LogP contribution in [0.4, 0.5) is 0 Å². The van der Waals surface area contributed by atoms with E-state index in [1.54, 1.807) is 0 Å². The molecule has 3 nitrogen and oxygen atoms in total. The van der Waals surface area contributed by atoms with Crippen molar-refractivity contribution in [2.24, 2.45) is 0 Å². The van der Waals surface area contributed by atoms with Crippen molar-refractivity contribution in [1.82, 2.24) is 15.2 Å². The molecule has 1 aliphatic rings. The van der Waals surface area contributed by atoms with Crippen LogP contribution in [0.5, 0.6) is 0 Å². The minimum Gasteiger partial charge on any atom is -0.312 e. The molecule has 5 heteroatoms. The molecule has 0 amide bonds. The molecule has 1 saturated heterocycles. The lowest BCUT2D eigenvalue weighted by Crippen LogP contribution is -2.32. The molecule has 1 atom stereocenters. The molecular formula is C13H23N3S2. The van der Waals surface area contributed by atoms with E-state index < -0.39 is 0 Å². The Morgan fingerprint density at radius 3 is 2.94 bits per heavy atom. The van der Waals surface area contributed by atoms with Crippen LogP contribution in [0.25, 0.3) is 0 Å². The first-order valence-electron chi connectivity index (χ1n) is 6.73. The van der Waals surface area contributed by atoms with Gasteiger partial charge in [0.15, 0.2) is 0 Å². The molecule has 0 bridgehead atoms. The second-order valence-electron chi connectivity index (χ2n) is 4.63. The maximum atomic E-state index is 4.88. The highest BCUT2D eigenvalue weighted by molar-refractivity contribution is 7.99. The second kappa shape index (κ2) is 6.89. The molecule has 1 N–H and O–H groups in total. The number of hydrogen-bond acceptors (Lipinski definition) is 5. The van der Waals surface area contributed by atoms with Crippen molar-refractivity contribution in [3.63, 3.8) is 0 Å². The third-order valence-electron chi connectivity index (χ3n) is 3.35. The Hall–Kier alpha value is -0.100. The molecule has 102 valence electrons. The van der Waals surface area contributed by atoms with E-state index >= 15 is 0 Å². The van der Waals surface area contributed by atoms with Gasteiger partial charge < -0.3 is 5.32 Å². The number of aromatic nitrogens is 1. The molecule has 1 aromatic rings. The third kappa shape index (κ3) is 3.26. The molecule has 0 radical (unpaired) electrons. The first-order chi connectivity index (χ1) is 8.76. The van der Waals surface area contributed by atoms with E-state index in [0.29, 0.717) is 6.04 Å². The quantitative estimate of drug-likeness (QED) is 0.900. The van der Waals surface area contributed by atoms with Crippen LogP contribution < -0.4 is 5.32 Å². The predicted octanol–water partition coefficient (Wildman–Crippen LogP) is 2.53. The van der Waals surface area contributed by atoms with Crippen molar-refractivity contribution >= 4 is 23.1 Å².